The second kappa shape index (κ2) is 14.5. The van der Waals surface area contributed by atoms with Gasteiger partial charge in [0.25, 0.3) is 11.8 Å². The molecule has 9 rings (SSSR count). The van der Waals surface area contributed by atoms with Crippen LogP contribution >= 0.6 is 0 Å². The molecule has 0 aromatic heterocycles. The van der Waals surface area contributed by atoms with Crippen molar-refractivity contribution in [2.45, 2.75) is 38.2 Å². The van der Waals surface area contributed by atoms with Crippen molar-refractivity contribution < 1.29 is 23.9 Å². The first-order chi connectivity index (χ1) is 27.4. The molecule has 1 N–H and O–H groups in total. The molecular formula is C48H41N3O5. The van der Waals surface area contributed by atoms with E-state index >= 15 is 0 Å². The molecule has 0 aliphatic carbocycles. The largest absolute Gasteiger partial charge is 0.493 e. The maximum atomic E-state index is 14.4. The zero-order valence-electron chi connectivity index (χ0n) is 31.3. The second-order valence-electron chi connectivity index (χ2n) is 14.7. The van der Waals surface area contributed by atoms with E-state index in [0.29, 0.717) is 29.4 Å². The molecule has 3 heterocycles. The van der Waals surface area contributed by atoms with Gasteiger partial charge in [-0.15, -0.1) is 0 Å². The number of benzene rings is 6. The molecule has 6 aromatic carbocycles. The van der Waals surface area contributed by atoms with Gasteiger partial charge < -0.3 is 14.4 Å². The normalized spacial score (nSPS) is 18.5. The summed E-state index contributed by atoms with van der Waals surface area (Å²) in [4.78, 5) is 45.1. The summed E-state index contributed by atoms with van der Waals surface area (Å²) in [6, 6.07) is 41.7. The van der Waals surface area contributed by atoms with Crippen molar-refractivity contribution in [3.63, 3.8) is 0 Å². The maximum absolute atomic E-state index is 14.4. The highest BCUT2D eigenvalue weighted by molar-refractivity contribution is 6.39. The summed E-state index contributed by atoms with van der Waals surface area (Å²) >= 11 is 0. The Bertz CT molecular complexity index is 2480. The number of urea groups is 1. The van der Waals surface area contributed by atoms with Crippen LogP contribution in [-0.4, -0.2) is 38.0 Å². The van der Waals surface area contributed by atoms with Crippen molar-refractivity contribution in [1.82, 2.24) is 5.32 Å². The lowest BCUT2D eigenvalue weighted by atomic mass is 9.76. The molecule has 0 bridgehead atoms. The van der Waals surface area contributed by atoms with Gasteiger partial charge in [-0.2, -0.15) is 0 Å². The third-order valence-electron chi connectivity index (χ3n) is 11.5. The zero-order chi connectivity index (χ0) is 38.3. The van der Waals surface area contributed by atoms with Crippen molar-refractivity contribution >= 4 is 46.1 Å². The lowest BCUT2D eigenvalue weighted by molar-refractivity contribution is -0.122. The van der Waals surface area contributed by atoms with Crippen molar-refractivity contribution in [1.29, 1.82) is 0 Å². The average Bonchev–Trinajstić information content (AvgIpc) is 3.23. The molecule has 8 nitrogen and oxygen atoms in total. The Kier molecular flexibility index (Phi) is 9.09. The first-order valence-electron chi connectivity index (χ1n) is 19.1. The van der Waals surface area contributed by atoms with Crippen molar-refractivity contribution in [2.75, 3.05) is 30.0 Å². The Balaban J connectivity index is 1.07. The van der Waals surface area contributed by atoms with Crippen LogP contribution < -0.4 is 24.6 Å². The molecule has 3 aliphatic heterocycles. The van der Waals surface area contributed by atoms with Crippen molar-refractivity contribution in [3.05, 3.63) is 172 Å². The first-order valence-corrected chi connectivity index (χ1v) is 19.1. The van der Waals surface area contributed by atoms with Crippen molar-refractivity contribution in [3.8, 4) is 11.5 Å². The summed E-state index contributed by atoms with van der Waals surface area (Å²) in [6.45, 7) is 4.23. The topological polar surface area (TPSA) is 88.2 Å². The van der Waals surface area contributed by atoms with Crippen LogP contribution in [-0.2, 0) is 16.2 Å². The van der Waals surface area contributed by atoms with Crippen LogP contribution in [0.5, 0.6) is 11.5 Å². The minimum atomic E-state index is -0.773. The Morgan fingerprint density at radius 1 is 0.732 bits per heavy atom. The van der Waals surface area contributed by atoms with Crippen LogP contribution in [0.15, 0.2) is 133 Å². The van der Waals surface area contributed by atoms with Crippen molar-refractivity contribution in [2.24, 2.45) is 0 Å². The van der Waals surface area contributed by atoms with Gasteiger partial charge in [-0.1, -0.05) is 103 Å². The molecular weight excluding hydrogens is 699 g/mol. The number of anilines is 2. The minimum absolute atomic E-state index is 0.0768. The Labute approximate surface area is 326 Å². The molecule has 1 fully saturated rings. The summed E-state index contributed by atoms with van der Waals surface area (Å²) in [5, 5.41) is 4.71. The van der Waals surface area contributed by atoms with Crippen LogP contribution in [0.3, 0.4) is 0 Å². The van der Waals surface area contributed by atoms with E-state index in [9.17, 15) is 14.4 Å². The predicted molar refractivity (Wildman–Crippen MR) is 219 cm³/mol. The number of barbiturate groups is 1. The fraction of sp³-hybridized carbons (Fsp3) is 0.188. The molecule has 0 radical (unpaired) electrons. The summed E-state index contributed by atoms with van der Waals surface area (Å²) in [7, 11) is 1.55. The lowest BCUT2D eigenvalue weighted by Gasteiger charge is -2.44. The number of fused-ring (bicyclic) bond motifs is 1. The quantitative estimate of drug-likeness (QED) is 0.124. The van der Waals surface area contributed by atoms with E-state index in [1.54, 1.807) is 25.3 Å². The first kappa shape index (κ1) is 35.1. The van der Waals surface area contributed by atoms with Gasteiger partial charge in [0.15, 0.2) is 11.5 Å². The van der Waals surface area contributed by atoms with Crippen LogP contribution in [0.25, 0.3) is 16.8 Å². The molecule has 278 valence electrons. The van der Waals surface area contributed by atoms with Gasteiger partial charge in [0, 0.05) is 36.2 Å². The zero-order valence-corrected chi connectivity index (χ0v) is 31.3. The fourth-order valence-electron chi connectivity index (χ4n) is 8.71. The van der Waals surface area contributed by atoms with E-state index < -0.39 is 17.8 Å². The predicted octanol–water partition coefficient (Wildman–Crippen LogP) is 9.28. The summed E-state index contributed by atoms with van der Waals surface area (Å²) in [5.74, 6) is -0.312. The number of imide groups is 2. The average molecular weight is 740 g/mol. The fourth-order valence-corrected chi connectivity index (χ4v) is 8.71. The number of rotatable bonds is 8. The highest BCUT2D eigenvalue weighted by Crippen LogP contribution is 2.50. The van der Waals surface area contributed by atoms with Gasteiger partial charge in [0.1, 0.15) is 12.2 Å². The van der Waals surface area contributed by atoms with E-state index in [-0.39, 0.29) is 17.4 Å². The number of methoxy groups -OCH3 is 1. The van der Waals surface area contributed by atoms with Gasteiger partial charge >= 0.3 is 6.03 Å². The van der Waals surface area contributed by atoms with E-state index in [1.807, 2.05) is 36.4 Å². The van der Waals surface area contributed by atoms with E-state index in [2.05, 4.69) is 89.9 Å². The summed E-state index contributed by atoms with van der Waals surface area (Å²) in [5.41, 5.74) is 8.75. The van der Waals surface area contributed by atoms with E-state index in [4.69, 9.17) is 9.47 Å². The summed E-state index contributed by atoms with van der Waals surface area (Å²) < 4.78 is 12.0. The van der Waals surface area contributed by atoms with Gasteiger partial charge in [-0.25, -0.2) is 9.69 Å². The number of nitrogens with zero attached hydrogens (tertiary/aromatic N) is 2. The molecule has 8 heteroatoms. The lowest BCUT2D eigenvalue weighted by Crippen LogP contribution is -2.54. The van der Waals surface area contributed by atoms with E-state index in [0.717, 1.165) is 63.9 Å². The standard InChI is InChI=1S/C48H41N3O5/c1-30-17-19-34-15-9-10-16-36(34)42(30)29-56-43-20-18-31(26-44(43)55-2)25-41-46(52)49-48(54)51(47(41)53)35-27-39-37(32-11-5-3-6-12-32)21-23-50-24-22-38(40(28-35)45(39)50)33-13-7-4-8-14-33/h3-20,25-28,37-38H,21-24,29H2,1-2H3,(H,49,52,54)/b41-25+/t37-,38-/m1/s1. The van der Waals surface area contributed by atoms with E-state index in [1.165, 1.54) is 22.9 Å². The number of hydrogen-bond donors (Lipinski definition) is 1. The van der Waals surface area contributed by atoms with Gasteiger partial charge in [-0.3, -0.25) is 14.9 Å². The molecule has 0 unspecified atom stereocenters. The molecule has 0 spiro atoms. The highest BCUT2D eigenvalue weighted by Gasteiger charge is 2.40. The molecule has 0 saturated carbocycles. The smallest absolute Gasteiger partial charge is 0.335 e. The summed E-state index contributed by atoms with van der Waals surface area (Å²) in [6.07, 6.45) is 3.31. The third kappa shape index (κ3) is 6.27. The second-order valence-corrected chi connectivity index (χ2v) is 14.7. The Hall–Kier alpha value is -6.67. The van der Waals surface area contributed by atoms with Crippen LogP contribution in [0.1, 0.15) is 63.6 Å². The van der Waals surface area contributed by atoms with Crippen LogP contribution in [0.2, 0.25) is 0 Å². The van der Waals surface area contributed by atoms with Crippen LogP contribution in [0, 0.1) is 6.92 Å². The van der Waals surface area contributed by atoms with Gasteiger partial charge in [0.05, 0.1) is 12.8 Å². The monoisotopic (exact) mass is 739 g/mol. The Morgan fingerprint density at radius 2 is 1.38 bits per heavy atom. The number of aryl methyl sites for hydroxylation is 1. The number of ether oxygens (including phenoxy) is 2. The molecule has 1 saturated heterocycles. The van der Waals surface area contributed by atoms with Gasteiger partial charge in [0.2, 0.25) is 0 Å². The SMILES string of the molecule is COc1cc(/C=C2\C(=O)NC(=O)N(c3cc4c5c(c3)[C@@H](c3ccccc3)CCN5CC[C@@H]4c3ccccc3)C2=O)ccc1OCc1c(C)ccc2ccccc12. The number of amides is 4. The molecule has 3 aliphatic rings. The third-order valence-corrected chi connectivity index (χ3v) is 11.5. The number of nitrogens with one attached hydrogen (secondary N) is 1. The Morgan fingerprint density at radius 3 is 2.04 bits per heavy atom. The number of hydrogen-bond acceptors (Lipinski definition) is 6. The molecule has 6 aromatic rings. The maximum Gasteiger partial charge on any atom is 0.335 e. The highest BCUT2D eigenvalue weighted by atomic mass is 16.5. The van der Waals surface area contributed by atoms with Crippen LogP contribution in [0.4, 0.5) is 16.2 Å². The minimum Gasteiger partial charge on any atom is -0.493 e. The van der Waals surface area contributed by atoms with Gasteiger partial charge in [-0.05, 0) is 94.3 Å². The number of carbonyl (C=O) groups excluding carboxylic acids is 3. The molecule has 56 heavy (non-hydrogen) atoms. The molecule has 2 atom stereocenters. The molecule has 4 amide bonds. The number of carbonyl (C=O) groups is 3.